The summed E-state index contributed by atoms with van der Waals surface area (Å²) in [5, 5.41) is 1.25. The molecule has 24 heavy (non-hydrogen) atoms. The number of piperidine rings is 1. The first-order valence-electron chi connectivity index (χ1n) is 8.82. The number of pyridine rings is 1. The van der Waals surface area contributed by atoms with Crippen molar-refractivity contribution in [1.82, 2.24) is 4.98 Å². The lowest BCUT2D eigenvalue weighted by molar-refractivity contribution is 0.123. The average molecular weight is 392 g/mol. The van der Waals surface area contributed by atoms with Gasteiger partial charge in [-0.3, -0.25) is 0 Å². The summed E-state index contributed by atoms with van der Waals surface area (Å²) in [6.07, 6.45) is 3.87. The van der Waals surface area contributed by atoms with Gasteiger partial charge in [0, 0.05) is 42.8 Å². The Labute approximate surface area is 154 Å². The lowest BCUT2D eigenvalue weighted by Gasteiger charge is -2.36. The zero-order chi connectivity index (χ0) is 15.6. The fraction of sp³-hybridized carbons (Fsp3) is 0.526. The van der Waals surface area contributed by atoms with Gasteiger partial charge in [-0.05, 0) is 32.3 Å². The van der Waals surface area contributed by atoms with E-state index in [-0.39, 0.29) is 17.0 Å². The number of anilines is 2. The van der Waals surface area contributed by atoms with E-state index in [0.717, 1.165) is 44.2 Å². The first-order chi connectivity index (χ1) is 11.3. The van der Waals surface area contributed by atoms with Crippen molar-refractivity contribution in [2.75, 3.05) is 42.6 Å². The van der Waals surface area contributed by atoms with Gasteiger partial charge in [0.05, 0.1) is 18.7 Å². The molecular formula is C19H26BrN3O. The van der Waals surface area contributed by atoms with Crippen molar-refractivity contribution in [3.63, 3.8) is 0 Å². The number of hydrogen-bond donors (Lipinski definition) is 0. The second kappa shape index (κ2) is 7.70. The molecule has 2 aliphatic heterocycles. The maximum absolute atomic E-state index is 5.53. The summed E-state index contributed by atoms with van der Waals surface area (Å²) in [5.74, 6) is 1.14. The third-order valence-corrected chi connectivity index (χ3v) is 5.13. The summed E-state index contributed by atoms with van der Waals surface area (Å²) >= 11 is 0. The number of aromatic nitrogens is 1. The van der Waals surface area contributed by atoms with Crippen LogP contribution in [0.15, 0.2) is 30.3 Å². The normalized spacial score (nSPS) is 21.6. The molecule has 0 aliphatic carbocycles. The summed E-state index contributed by atoms with van der Waals surface area (Å²) in [4.78, 5) is 9.91. The number of fused-ring (bicyclic) bond motifs is 1. The highest BCUT2D eigenvalue weighted by Crippen LogP contribution is 2.32. The van der Waals surface area contributed by atoms with E-state index in [0.29, 0.717) is 6.04 Å². The average Bonchev–Trinajstić information content (AvgIpc) is 2.62. The predicted molar refractivity (Wildman–Crippen MR) is 106 cm³/mol. The van der Waals surface area contributed by atoms with E-state index in [9.17, 15) is 0 Å². The molecule has 0 amide bonds. The van der Waals surface area contributed by atoms with Crippen molar-refractivity contribution < 1.29 is 4.74 Å². The topological polar surface area (TPSA) is 28.6 Å². The minimum absolute atomic E-state index is 0. The quantitative estimate of drug-likeness (QED) is 0.772. The third-order valence-electron chi connectivity index (χ3n) is 5.13. The molecule has 0 spiro atoms. The molecule has 5 heteroatoms. The Bertz CT molecular complexity index is 687. The molecule has 2 fully saturated rings. The molecule has 2 aliphatic rings. The molecule has 0 bridgehead atoms. The van der Waals surface area contributed by atoms with Gasteiger partial charge in [-0.2, -0.15) is 0 Å². The number of hydrogen-bond acceptors (Lipinski definition) is 4. The number of para-hydroxylation sites is 1. The van der Waals surface area contributed by atoms with Crippen LogP contribution in [0.1, 0.15) is 26.2 Å². The zero-order valence-corrected chi connectivity index (χ0v) is 16.0. The van der Waals surface area contributed by atoms with Gasteiger partial charge in [0.2, 0.25) is 0 Å². The Morgan fingerprint density at radius 2 is 1.88 bits per heavy atom. The van der Waals surface area contributed by atoms with E-state index < -0.39 is 0 Å². The zero-order valence-electron chi connectivity index (χ0n) is 14.3. The predicted octanol–water partition coefficient (Wildman–Crippen LogP) is 4.03. The maximum atomic E-state index is 5.53. The monoisotopic (exact) mass is 391 g/mol. The standard InChI is InChI=1S/C19H25N3O.BrH/c1-15-6-4-5-9-22(15)19-14-18(21-10-12-23-13-11-21)16-7-2-3-8-17(16)20-19;/h2-3,7-8,14-15H,4-6,9-13H2,1H3;1H. The summed E-state index contributed by atoms with van der Waals surface area (Å²) in [7, 11) is 0. The first kappa shape index (κ1) is 17.5. The van der Waals surface area contributed by atoms with E-state index in [2.05, 4.69) is 47.1 Å². The lowest BCUT2D eigenvalue weighted by atomic mass is 10.0. The number of nitrogens with zero attached hydrogens (tertiary/aromatic N) is 3. The molecule has 0 N–H and O–H groups in total. The molecule has 4 rings (SSSR count). The van der Waals surface area contributed by atoms with Crippen molar-refractivity contribution in [3.05, 3.63) is 30.3 Å². The lowest BCUT2D eigenvalue weighted by Crippen LogP contribution is -2.39. The summed E-state index contributed by atoms with van der Waals surface area (Å²) < 4.78 is 5.53. The number of rotatable bonds is 2. The SMILES string of the molecule is Br.CC1CCCCN1c1cc(N2CCOCC2)c2ccccc2n1. The van der Waals surface area contributed by atoms with Crippen LogP contribution in [-0.2, 0) is 4.74 Å². The van der Waals surface area contributed by atoms with E-state index in [1.807, 2.05) is 0 Å². The molecule has 130 valence electrons. The van der Waals surface area contributed by atoms with Crippen LogP contribution in [0.2, 0.25) is 0 Å². The van der Waals surface area contributed by atoms with Gasteiger partial charge in [0.15, 0.2) is 0 Å². The number of benzene rings is 1. The summed E-state index contributed by atoms with van der Waals surface area (Å²) in [5.41, 5.74) is 2.41. The second-order valence-electron chi connectivity index (χ2n) is 6.65. The van der Waals surface area contributed by atoms with Gasteiger partial charge in [0.25, 0.3) is 0 Å². The summed E-state index contributed by atoms with van der Waals surface area (Å²) in [6.45, 7) is 6.99. The van der Waals surface area contributed by atoms with Crippen molar-refractivity contribution in [2.24, 2.45) is 0 Å². The smallest absolute Gasteiger partial charge is 0.131 e. The Balaban J connectivity index is 0.00000169. The van der Waals surface area contributed by atoms with Crippen molar-refractivity contribution in [2.45, 2.75) is 32.2 Å². The van der Waals surface area contributed by atoms with Crippen molar-refractivity contribution in [3.8, 4) is 0 Å². The second-order valence-corrected chi connectivity index (χ2v) is 6.65. The molecule has 1 atom stereocenters. The first-order valence-corrected chi connectivity index (χ1v) is 8.82. The van der Waals surface area contributed by atoms with Crippen molar-refractivity contribution >= 4 is 39.4 Å². The number of ether oxygens (including phenoxy) is 1. The highest BCUT2D eigenvalue weighted by molar-refractivity contribution is 8.93. The minimum Gasteiger partial charge on any atom is -0.378 e. The van der Waals surface area contributed by atoms with Crippen LogP contribution >= 0.6 is 17.0 Å². The van der Waals surface area contributed by atoms with Gasteiger partial charge in [0.1, 0.15) is 5.82 Å². The highest BCUT2D eigenvalue weighted by atomic mass is 79.9. The molecule has 0 radical (unpaired) electrons. The van der Waals surface area contributed by atoms with E-state index in [1.54, 1.807) is 0 Å². The minimum atomic E-state index is 0. The molecular weight excluding hydrogens is 366 g/mol. The molecule has 2 saturated heterocycles. The van der Waals surface area contributed by atoms with Crippen molar-refractivity contribution in [1.29, 1.82) is 0 Å². The molecule has 3 heterocycles. The van der Waals surface area contributed by atoms with Gasteiger partial charge >= 0.3 is 0 Å². The van der Waals surface area contributed by atoms with Gasteiger partial charge in [-0.1, -0.05) is 18.2 Å². The molecule has 1 unspecified atom stereocenters. The fourth-order valence-electron chi connectivity index (χ4n) is 3.79. The number of halogens is 1. The fourth-order valence-corrected chi connectivity index (χ4v) is 3.79. The van der Waals surface area contributed by atoms with Gasteiger partial charge in [-0.25, -0.2) is 4.98 Å². The molecule has 1 aromatic carbocycles. The Kier molecular flexibility index (Phi) is 5.61. The molecule has 0 saturated carbocycles. The van der Waals surface area contributed by atoms with Crippen LogP contribution < -0.4 is 9.80 Å². The summed E-state index contributed by atoms with van der Waals surface area (Å²) in [6, 6.07) is 11.4. The Morgan fingerprint density at radius 1 is 1.08 bits per heavy atom. The van der Waals surface area contributed by atoms with Crippen LogP contribution in [0.5, 0.6) is 0 Å². The van der Waals surface area contributed by atoms with Crippen LogP contribution in [0.4, 0.5) is 11.5 Å². The van der Waals surface area contributed by atoms with E-state index in [4.69, 9.17) is 9.72 Å². The maximum Gasteiger partial charge on any atom is 0.131 e. The van der Waals surface area contributed by atoms with Crippen LogP contribution in [0, 0.1) is 0 Å². The Morgan fingerprint density at radius 3 is 2.67 bits per heavy atom. The van der Waals surface area contributed by atoms with Crippen LogP contribution in [-0.4, -0.2) is 43.9 Å². The van der Waals surface area contributed by atoms with Crippen LogP contribution in [0.3, 0.4) is 0 Å². The Hall–Kier alpha value is -1.33. The largest absolute Gasteiger partial charge is 0.378 e. The third kappa shape index (κ3) is 3.38. The highest BCUT2D eigenvalue weighted by Gasteiger charge is 2.22. The molecule has 1 aromatic heterocycles. The molecule has 2 aromatic rings. The number of morpholine rings is 1. The van der Waals surface area contributed by atoms with Gasteiger partial charge < -0.3 is 14.5 Å². The van der Waals surface area contributed by atoms with Crippen LogP contribution in [0.25, 0.3) is 10.9 Å². The molecule has 4 nitrogen and oxygen atoms in total. The van der Waals surface area contributed by atoms with E-state index in [1.165, 1.54) is 30.3 Å². The van der Waals surface area contributed by atoms with E-state index >= 15 is 0 Å². The van der Waals surface area contributed by atoms with Gasteiger partial charge in [-0.15, -0.1) is 17.0 Å².